The predicted molar refractivity (Wildman–Crippen MR) is 60.8 cm³/mol. The van der Waals surface area contributed by atoms with Gasteiger partial charge in [0, 0.05) is 24.5 Å². The average Bonchev–Trinajstić information content (AvgIpc) is 2.51. The molecule has 84 valence electrons. The Morgan fingerprint density at radius 3 is 2.38 bits per heavy atom. The zero-order valence-electron chi connectivity index (χ0n) is 9.85. The van der Waals surface area contributed by atoms with Crippen molar-refractivity contribution in [1.29, 1.82) is 0 Å². The van der Waals surface area contributed by atoms with E-state index < -0.39 is 0 Å². The molecule has 0 N–H and O–H groups in total. The largest absolute Gasteiger partial charge is 0.280 e. The highest BCUT2D eigenvalue weighted by Gasteiger charge is 2.09. The van der Waals surface area contributed by atoms with Crippen LogP contribution in [-0.4, -0.2) is 19.3 Å². The van der Waals surface area contributed by atoms with E-state index in [2.05, 4.69) is 10.1 Å². The topological polar surface area (TPSA) is 52.7 Å². The van der Waals surface area contributed by atoms with Gasteiger partial charge in [0.15, 0.2) is 0 Å². The van der Waals surface area contributed by atoms with Gasteiger partial charge in [0.1, 0.15) is 0 Å². The lowest BCUT2D eigenvalue weighted by atomic mass is 10.4. The first-order chi connectivity index (χ1) is 7.49. The van der Waals surface area contributed by atoms with E-state index >= 15 is 0 Å². The molecular weight excluding hydrogens is 204 g/mol. The standard InChI is InChI=1S/C11H14N4O/c1-7-6-10(16)14(4)11(12-7)15-9(3)5-8(2)13-15/h5-6H,1-4H3. The van der Waals surface area contributed by atoms with Crippen molar-refractivity contribution in [2.75, 3.05) is 0 Å². The first kappa shape index (κ1) is 10.6. The summed E-state index contributed by atoms with van der Waals surface area (Å²) in [4.78, 5) is 16.0. The quantitative estimate of drug-likeness (QED) is 0.714. The summed E-state index contributed by atoms with van der Waals surface area (Å²) in [5, 5.41) is 4.32. The molecule has 0 saturated heterocycles. The van der Waals surface area contributed by atoms with Crippen LogP contribution < -0.4 is 5.56 Å². The van der Waals surface area contributed by atoms with Gasteiger partial charge in [0.25, 0.3) is 5.56 Å². The fourth-order valence-electron chi connectivity index (χ4n) is 1.66. The van der Waals surface area contributed by atoms with E-state index in [1.54, 1.807) is 18.7 Å². The van der Waals surface area contributed by atoms with Gasteiger partial charge in [-0.3, -0.25) is 9.36 Å². The Balaban J connectivity index is 2.73. The maximum absolute atomic E-state index is 11.6. The molecule has 0 aliphatic carbocycles. The summed E-state index contributed by atoms with van der Waals surface area (Å²) in [6.07, 6.45) is 0. The molecule has 16 heavy (non-hydrogen) atoms. The molecule has 2 rings (SSSR count). The van der Waals surface area contributed by atoms with Crippen LogP contribution in [-0.2, 0) is 7.05 Å². The molecule has 2 aromatic heterocycles. The van der Waals surface area contributed by atoms with Gasteiger partial charge in [-0.1, -0.05) is 0 Å². The minimum Gasteiger partial charge on any atom is -0.280 e. The molecule has 2 aromatic rings. The second-order valence-electron chi connectivity index (χ2n) is 3.93. The van der Waals surface area contributed by atoms with Gasteiger partial charge in [0.2, 0.25) is 5.95 Å². The molecule has 5 heteroatoms. The van der Waals surface area contributed by atoms with Crippen molar-refractivity contribution in [3.05, 3.63) is 39.6 Å². The number of aromatic nitrogens is 4. The van der Waals surface area contributed by atoms with Crippen molar-refractivity contribution in [3.63, 3.8) is 0 Å². The van der Waals surface area contributed by atoms with Gasteiger partial charge >= 0.3 is 0 Å². The summed E-state index contributed by atoms with van der Waals surface area (Å²) in [6.45, 7) is 5.66. The number of nitrogens with zero attached hydrogens (tertiary/aromatic N) is 4. The molecule has 0 aliphatic heterocycles. The van der Waals surface area contributed by atoms with E-state index in [1.807, 2.05) is 19.9 Å². The Kier molecular flexibility index (Phi) is 2.38. The van der Waals surface area contributed by atoms with Crippen LogP contribution in [0.2, 0.25) is 0 Å². The van der Waals surface area contributed by atoms with Crippen LogP contribution >= 0.6 is 0 Å². The highest BCUT2D eigenvalue weighted by molar-refractivity contribution is 5.21. The number of aryl methyl sites for hydroxylation is 3. The minimum absolute atomic E-state index is 0.0740. The summed E-state index contributed by atoms with van der Waals surface area (Å²) in [5.74, 6) is 0.551. The van der Waals surface area contributed by atoms with Gasteiger partial charge in [-0.05, 0) is 26.8 Å². The van der Waals surface area contributed by atoms with E-state index in [0.717, 1.165) is 11.4 Å². The van der Waals surface area contributed by atoms with Crippen molar-refractivity contribution in [2.24, 2.45) is 7.05 Å². The average molecular weight is 218 g/mol. The van der Waals surface area contributed by atoms with Crippen molar-refractivity contribution >= 4 is 0 Å². The maximum atomic E-state index is 11.6. The van der Waals surface area contributed by atoms with E-state index in [-0.39, 0.29) is 5.56 Å². The zero-order chi connectivity index (χ0) is 11.9. The summed E-state index contributed by atoms with van der Waals surface area (Å²) in [6, 6.07) is 3.46. The molecule has 0 aliphatic rings. The molecule has 0 bridgehead atoms. The Bertz CT molecular complexity index is 595. The molecule has 2 heterocycles. The molecule has 0 saturated carbocycles. The second-order valence-corrected chi connectivity index (χ2v) is 3.93. The van der Waals surface area contributed by atoms with Gasteiger partial charge in [-0.25, -0.2) is 9.67 Å². The van der Waals surface area contributed by atoms with Crippen LogP contribution in [0.15, 0.2) is 16.9 Å². The second kappa shape index (κ2) is 3.59. The number of hydrogen-bond acceptors (Lipinski definition) is 3. The Labute approximate surface area is 93.4 Å². The van der Waals surface area contributed by atoms with E-state index in [9.17, 15) is 4.79 Å². The lowest BCUT2D eigenvalue weighted by Gasteiger charge is -2.08. The van der Waals surface area contributed by atoms with Crippen LogP contribution in [0.25, 0.3) is 5.95 Å². The Morgan fingerprint density at radius 2 is 1.81 bits per heavy atom. The summed E-state index contributed by atoms with van der Waals surface area (Å²) >= 11 is 0. The zero-order valence-corrected chi connectivity index (χ0v) is 9.85. The predicted octanol–water partition coefficient (Wildman–Crippen LogP) is 0.891. The third-order valence-corrected chi connectivity index (χ3v) is 2.44. The number of hydrogen-bond donors (Lipinski definition) is 0. The smallest absolute Gasteiger partial charge is 0.254 e. The molecule has 5 nitrogen and oxygen atoms in total. The maximum Gasteiger partial charge on any atom is 0.254 e. The minimum atomic E-state index is -0.0740. The Hall–Kier alpha value is -1.91. The molecular formula is C11H14N4O. The molecule has 0 amide bonds. The summed E-state index contributed by atoms with van der Waals surface area (Å²) < 4.78 is 3.18. The number of rotatable bonds is 1. The third-order valence-electron chi connectivity index (χ3n) is 2.44. The van der Waals surface area contributed by atoms with Crippen LogP contribution in [0.4, 0.5) is 0 Å². The first-order valence-electron chi connectivity index (χ1n) is 5.07. The van der Waals surface area contributed by atoms with E-state index in [1.165, 1.54) is 10.6 Å². The monoisotopic (exact) mass is 218 g/mol. The molecule has 0 radical (unpaired) electrons. The molecule has 0 atom stereocenters. The normalized spacial score (nSPS) is 10.8. The first-order valence-corrected chi connectivity index (χ1v) is 5.07. The summed E-state index contributed by atoms with van der Waals surface area (Å²) in [7, 11) is 1.69. The fraction of sp³-hybridized carbons (Fsp3) is 0.364. The van der Waals surface area contributed by atoms with Crippen LogP contribution in [0.3, 0.4) is 0 Å². The lowest BCUT2D eigenvalue weighted by Crippen LogP contribution is -2.23. The van der Waals surface area contributed by atoms with Crippen LogP contribution in [0, 0.1) is 20.8 Å². The SMILES string of the molecule is Cc1cc(=O)n(C)c(-n2nc(C)cc2C)n1. The van der Waals surface area contributed by atoms with E-state index in [4.69, 9.17) is 0 Å². The van der Waals surface area contributed by atoms with Gasteiger partial charge in [-0.2, -0.15) is 5.10 Å². The van der Waals surface area contributed by atoms with Gasteiger partial charge < -0.3 is 0 Å². The highest BCUT2D eigenvalue weighted by Crippen LogP contribution is 2.07. The van der Waals surface area contributed by atoms with Gasteiger partial charge in [0.05, 0.1) is 5.69 Å². The van der Waals surface area contributed by atoms with Crippen molar-refractivity contribution < 1.29 is 0 Å². The molecule has 0 aromatic carbocycles. The lowest BCUT2D eigenvalue weighted by molar-refractivity contribution is 0.683. The van der Waals surface area contributed by atoms with Crippen LogP contribution in [0.5, 0.6) is 0 Å². The molecule has 0 fully saturated rings. The van der Waals surface area contributed by atoms with Gasteiger partial charge in [-0.15, -0.1) is 0 Å². The third kappa shape index (κ3) is 1.64. The van der Waals surface area contributed by atoms with Crippen molar-refractivity contribution in [2.45, 2.75) is 20.8 Å². The van der Waals surface area contributed by atoms with Crippen molar-refractivity contribution in [3.8, 4) is 5.95 Å². The Morgan fingerprint density at radius 1 is 1.12 bits per heavy atom. The molecule has 0 spiro atoms. The van der Waals surface area contributed by atoms with E-state index in [0.29, 0.717) is 11.6 Å². The molecule has 0 unspecified atom stereocenters. The fourth-order valence-corrected chi connectivity index (χ4v) is 1.66. The van der Waals surface area contributed by atoms with Crippen molar-refractivity contribution in [1.82, 2.24) is 19.3 Å². The summed E-state index contributed by atoms with van der Waals surface area (Å²) in [5.41, 5.74) is 2.50. The highest BCUT2D eigenvalue weighted by atomic mass is 16.1. The van der Waals surface area contributed by atoms with Crippen LogP contribution in [0.1, 0.15) is 17.1 Å².